The van der Waals surface area contributed by atoms with Gasteiger partial charge in [-0.3, -0.25) is 0 Å². The van der Waals surface area contributed by atoms with Crippen LogP contribution in [-0.2, 0) is 9.47 Å². The molecule has 5 nitrogen and oxygen atoms in total. The van der Waals surface area contributed by atoms with E-state index >= 15 is 0 Å². The SMILES string of the molecule is OCCCCOC(O)OCCCCO. The molecule has 0 spiro atoms. The molecule has 0 aromatic rings. The molecular formula is C9H20O5. The van der Waals surface area contributed by atoms with Crippen molar-refractivity contribution in [1.29, 1.82) is 0 Å². The summed E-state index contributed by atoms with van der Waals surface area (Å²) in [6.07, 6.45) is 2.73. The van der Waals surface area contributed by atoms with Crippen LogP contribution < -0.4 is 0 Å². The molecule has 86 valence electrons. The van der Waals surface area contributed by atoms with E-state index < -0.39 is 6.48 Å². The molecule has 0 radical (unpaired) electrons. The van der Waals surface area contributed by atoms with E-state index in [-0.39, 0.29) is 13.2 Å². The molecule has 0 unspecified atom stereocenters. The number of rotatable bonds is 10. The summed E-state index contributed by atoms with van der Waals surface area (Å²) < 4.78 is 9.77. The summed E-state index contributed by atoms with van der Waals surface area (Å²) in [5.74, 6) is 0. The van der Waals surface area contributed by atoms with Crippen molar-refractivity contribution in [3.05, 3.63) is 0 Å². The van der Waals surface area contributed by atoms with Crippen molar-refractivity contribution >= 4 is 0 Å². The monoisotopic (exact) mass is 208 g/mol. The van der Waals surface area contributed by atoms with E-state index in [0.29, 0.717) is 38.9 Å². The van der Waals surface area contributed by atoms with E-state index in [1.165, 1.54) is 0 Å². The molecule has 0 aliphatic carbocycles. The Morgan fingerprint density at radius 3 is 1.57 bits per heavy atom. The van der Waals surface area contributed by atoms with Crippen LogP contribution in [-0.4, -0.2) is 48.2 Å². The van der Waals surface area contributed by atoms with Gasteiger partial charge in [0.15, 0.2) is 0 Å². The van der Waals surface area contributed by atoms with Crippen molar-refractivity contribution in [3.63, 3.8) is 0 Å². The predicted molar refractivity (Wildman–Crippen MR) is 50.6 cm³/mol. The van der Waals surface area contributed by atoms with Crippen LogP contribution in [0.4, 0.5) is 0 Å². The quantitative estimate of drug-likeness (QED) is 0.343. The Kier molecular flexibility index (Phi) is 10.7. The first kappa shape index (κ1) is 13.8. The highest BCUT2D eigenvalue weighted by atomic mass is 16.8. The molecule has 14 heavy (non-hydrogen) atoms. The zero-order chi connectivity index (χ0) is 10.6. The largest absolute Gasteiger partial charge is 0.396 e. The summed E-state index contributed by atoms with van der Waals surface area (Å²) in [4.78, 5) is 0. The highest BCUT2D eigenvalue weighted by Crippen LogP contribution is 1.97. The van der Waals surface area contributed by atoms with Gasteiger partial charge < -0.3 is 24.8 Å². The minimum Gasteiger partial charge on any atom is -0.396 e. The topological polar surface area (TPSA) is 79.2 Å². The lowest BCUT2D eigenvalue weighted by molar-refractivity contribution is -0.263. The minimum absolute atomic E-state index is 0.136. The Morgan fingerprint density at radius 1 is 0.786 bits per heavy atom. The Morgan fingerprint density at radius 2 is 1.21 bits per heavy atom. The Balaban J connectivity index is 3.07. The molecule has 3 N–H and O–H groups in total. The fraction of sp³-hybridized carbons (Fsp3) is 1.00. The zero-order valence-electron chi connectivity index (χ0n) is 8.39. The highest BCUT2D eigenvalue weighted by Gasteiger charge is 2.02. The second-order valence-corrected chi connectivity index (χ2v) is 2.91. The molecule has 0 aliphatic rings. The van der Waals surface area contributed by atoms with Crippen molar-refractivity contribution in [2.24, 2.45) is 0 Å². The summed E-state index contributed by atoms with van der Waals surface area (Å²) in [6.45, 7) is -0.163. The third kappa shape index (κ3) is 9.88. The van der Waals surface area contributed by atoms with Gasteiger partial charge in [-0.05, 0) is 25.7 Å². The maximum atomic E-state index is 9.08. The first-order chi connectivity index (χ1) is 6.81. The van der Waals surface area contributed by atoms with Crippen LogP contribution in [0.3, 0.4) is 0 Å². The molecule has 0 aliphatic heterocycles. The lowest BCUT2D eigenvalue weighted by Gasteiger charge is -2.12. The summed E-state index contributed by atoms with van der Waals surface area (Å²) >= 11 is 0. The second-order valence-electron chi connectivity index (χ2n) is 2.91. The van der Waals surface area contributed by atoms with Gasteiger partial charge in [0, 0.05) is 13.2 Å². The van der Waals surface area contributed by atoms with E-state index in [0.717, 1.165) is 0 Å². The minimum atomic E-state index is -1.19. The van der Waals surface area contributed by atoms with Crippen molar-refractivity contribution in [2.45, 2.75) is 32.2 Å². The molecule has 0 saturated carbocycles. The van der Waals surface area contributed by atoms with Crippen LogP contribution >= 0.6 is 0 Å². The van der Waals surface area contributed by atoms with E-state index in [9.17, 15) is 0 Å². The highest BCUT2D eigenvalue weighted by molar-refractivity contribution is 4.37. The average molecular weight is 208 g/mol. The molecule has 0 aromatic carbocycles. The zero-order valence-corrected chi connectivity index (χ0v) is 8.39. The molecule has 0 saturated heterocycles. The summed E-state index contributed by atoms with van der Waals surface area (Å²) in [7, 11) is 0. The first-order valence-corrected chi connectivity index (χ1v) is 4.94. The molecule has 0 amide bonds. The molecule has 0 fully saturated rings. The van der Waals surface area contributed by atoms with E-state index in [4.69, 9.17) is 24.8 Å². The van der Waals surface area contributed by atoms with Crippen LogP contribution in [0.5, 0.6) is 0 Å². The summed E-state index contributed by atoms with van der Waals surface area (Å²) in [5, 5.41) is 26.0. The van der Waals surface area contributed by atoms with Gasteiger partial charge >= 0.3 is 0 Å². The smallest absolute Gasteiger partial charge is 0.269 e. The van der Waals surface area contributed by atoms with Crippen LogP contribution in [0.1, 0.15) is 25.7 Å². The Bertz CT molecular complexity index is 97.4. The van der Waals surface area contributed by atoms with Gasteiger partial charge in [-0.2, -0.15) is 0 Å². The molecule has 0 bridgehead atoms. The van der Waals surface area contributed by atoms with Crippen molar-refractivity contribution in [2.75, 3.05) is 26.4 Å². The molecule has 0 aromatic heterocycles. The fourth-order valence-electron chi connectivity index (χ4n) is 0.844. The molecular weight excluding hydrogens is 188 g/mol. The predicted octanol–water partition coefficient (Wildman–Crippen LogP) is -0.160. The van der Waals surface area contributed by atoms with Crippen molar-refractivity contribution < 1.29 is 24.8 Å². The fourth-order valence-corrected chi connectivity index (χ4v) is 0.844. The number of hydrogen-bond acceptors (Lipinski definition) is 5. The van der Waals surface area contributed by atoms with Gasteiger partial charge in [0.1, 0.15) is 0 Å². The summed E-state index contributed by atoms with van der Waals surface area (Å²) in [5.41, 5.74) is 0. The maximum Gasteiger partial charge on any atom is 0.269 e. The molecule has 0 atom stereocenters. The van der Waals surface area contributed by atoms with Crippen molar-refractivity contribution in [3.8, 4) is 0 Å². The standard InChI is InChI=1S/C9H20O5/c10-5-1-3-7-13-9(12)14-8-4-2-6-11/h9-12H,1-8H2. The van der Waals surface area contributed by atoms with Crippen molar-refractivity contribution in [1.82, 2.24) is 0 Å². The number of ether oxygens (including phenoxy) is 2. The average Bonchev–Trinajstić information content (AvgIpc) is 2.19. The lowest BCUT2D eigenvalue weighted by Crippen LogP contribution is -2.18. The number of aliphatic hydroxyl groups is 3. The van der Waals surface area contributed by atoms with Crippen LogP contribution in [0, 0.1) is 0 Å². The van der Waals surface area contributed by atoms with Gasteiger partial charge in [-0.25, -0.2) is 0 Å². The third-order valence-corrected chi connectivity index (χ3v) is 1.63. The first-order valence-electron chi connectivity index (χ1n) is 4.94. The number of hydrogen-bond donors (Lipinski definition) is 3. The van der Waals surface area contributed by atoms with E-state index in [2.05, 4.69) is 0 Å². The van der Waals surface area contributed by atoms with Gasteiger partial charge in [0.25, 0.3) is 6.48 Å². The van der Waals surface area contributed by atoms with Crippen LogP contribution in [0.2, 0.25) is 0 Å². The van der Waals surface area contributed by atoms with Crippen LogP contribution in [0.25, 0.3) is 0 Å². The maximum absolute atomic E-state index is 9.08. The van der Waals surface area contributed by atoms with Gasteiger partial charge in [0.05, 0.1) is 13.2 Å². The molecule has 0 rings (SSSR count). The van der Waals surface area contributed by atoms with Gasteiger partial charge in [-0.1, -0.05) is 0 Å². The van der Waals surface area contributed by atoms with E-state index in [1.54, 1.807) is 0 Å². The number of aliphatic hydroxyl groups excluding tert-OH is 3. The van der Waals surface area contributed by atoms with Crippen LogP contribution in [0.15, 0.2) is 0 Å². The summed E-state index contributed by atoms with van der Waals surface area (Å²) in [6, 6.07) is 0. The molecule has 5 heteroatoms. The lowest BCUT2D eigenvalue weighted by atomic mass is 10.3. The normalized spacial score (nSPS) is 11.1. The third-order valence-electron chi connectivity index (χ3n) is 1.63. The molecule has 0 heterocycles. The Labute approximate surface area is 84.3 Å². The number of unbranched alkanes of at least 4 members (excludes halogenated alkanes) is 2. The Hall–Kier alpha value is -0.200. The van der Waals surface area contributed by atoms with Gasteiger partial charge in [-0.15, -0.1) is 0 Å². The van der Waals surface area contributed by atoms with Gasteiger partial charge in [0.2, 0.25) is 0 Å². The van der Waals surface area contributed by atoms with E-state index in [1.807, 2.05) is 0 Å². The second kappa shape index (κ2) is 10.9.